The average Bonchev–Trinajstić information content (AvgIpc) is 2.80. The van der Waals surface area contributed by atoms with Gasteiger partial charge in [0.25, 0.3) is 0 Å². The van der Waals surface area contributed by atoms with Gasteiger partial charge in [0, 0.05) is 53.8 Å². The maximum absolute atomic E-state index is 12.9. The minimum absolute atomic E-state index is 0.00287. The molecule has 1 aromatic carbocycles. The molecule has 2 aliphatic rings. The fourth-order valence-corrected chi connectivity index (χ4v) is 6.33. The normalized spacial score (nSPS) is 23.7. The van der Waals surface area contributed by atoms with Gasteiger partial charge in [0.1, 0.15) is 6.10 Å². The van der Waals surface area contributed by atoms with Gasteiger partial charge in [0.05, 0.1) is 0 Å². The van der Waals surface area contributed by atoms with Gasteiger partial charge in [-0.15, -0.1) is 20.5 Å². The third-order valence-corrected chi connectivity index (χ3v) is 7.80. The predicted molar refractivity (Wildman–Crippen MR) is 146 cm³/mol. The Hall–Kier alpha value is -2.53. The van der Waals surface area contributed by atoms with Crippen molar-refractivity contribution in [1.82, 2.24) is 25.1 Å². The van der Waals surface area contributed by atoms with Crippen LogP contribution in [0.4, 0.5) is 17.6 Å². The summed E-state index contributed by atoms with van der Waals surface area (Å²) in [6.45, 7) is 15.7. The number of benzene rings is 1. The van der Waals surface area contributed by atoms with Gasteiger partial charge in [-0.05, 0) is 80.4 Å². The van der Waals surface area contributed by atoms with Crippen LogP contribution in [0, 0.1) is 0 Å². The van der Waals surface area contributed by atoms with E-state index in [9.17, 15) is 10.4 Å². The first-order valence-corrected chi connectivity index (χ1v) is 13.4. The summed E-state index contributed by atoms with van der Waals surface area (Å²) < 4.78 is 6.38. The summed E-state index contributed by atoms with van der Waals surface area (Å²) in [6.07, 6.45) is 2.19. The molecule has 0 saturated carbocycles. The van der Waals surface area contributed by atoms with Crippen molar-refractivity contribution in [2.45, 2.75) is 115 Å². The summed E-state index contributed by atoms with van der Waals surface area (Å²) in [6, 6.07) is 10.1. The van der Waals surface area contributed by atoms with Crippen molar-refractivity contribution in [2.24, 2.45) is 0 Å². The highest BCUT2D eigenvalue weighted by Crippen LogP contribution is 2.40. The van der Waals surface area contributed by atoms with Crippen LogP contribution in [-0.2, 0) is 10.4 Å². The van der Waals surface area contributed by atoms with E-state index in [-0.39, 0.29) is 18.2 Å². The molecule has 1 N–H and O–H groups in total. The van der Waals surface area contributed by atoms with E-state index in [1.165, 1.54) is 10.1 Å². The van der Waals surface area contributed by atoms with Crippen molar-refractivity contribution in [1.29, 1.82) is 0 Å². The Balaban J connectivity index is 1.65. The molecule has 0 unspecified atom stereocenters. The highest BCUT2D eigenvalue weighted by molar-refractivity contribution is 5.57. The fourth-order valence-electron chi connectivity index (χ4n) is 6.33. The van der Waals surface area contributed by atoms with Crippen LogP contribution in [0.3, 0.4) is 0 Å². The van der Waals surface area contributed by atoms with E-state index in [0.29, 0.717) is 37.6 Å². The summed E-state index contributed by atoms with van der Waals surface area (Å²) in [5, 5.41) is 31.6. The smallest absolute Gasteiger partial charge is 0.323 e. The Morgan fingerprint density at radius 2 is 1.29 bits per heavy atom. The number of anilines is 3. The second-order valence-electron chi connectivity index (χ2n) is 13.4. The molecular formula is C28H43N7O3. The molecule has 0 aliphatic carbocycles. The molecule has 2 aromatic rings. The lowest BCUT2D eigenvalue weighted by Gasteiger charge is -2.50. The van der Waals surface area contributed by atoms with Crippen molar-refractivity contribution in [2.75, 3.05) is 17.3 Å². The van der Waals surface area contributed by atoms with Gasteiger partial charge >= 0.3 is 6.01 Å². The van der Waals surface area contributed by atoms with Crippen molar-refractivity contribution >= 4 is 17.6 Å². The van der Waals surface area contributed by atoms with Crippen molar-refractivity contribution in [3.63, 3.8) is 0 Å². The van der Waals surface area contributed by atoms with Crippen LogP contribution < -0.4 is 15.0 Å². The molecule has 1 aromatic heterocycles. The molecule has 38 heavy (non-hydrogen) atoms. The quantitative estimate of drug-likeness (QED) is 0.550. The zero-order valence-corrected chi connectivity index (χ0v) is 24.3. The number of hydrogen-bond donors (Lipinski definition) is 1. The third-order valence-electron chi connectivity index (χ3n) is 7.80. The van der Waals surface area contributed by atoms with E-state index in [2.05, 4.69) is 15.3 Å². The van der Waals surface area contributed by atoms with Crippen molar-refractivity contribution in [3.05, 3.63) is 30.3 Å². The molecule has 3 heterocycles. The molecule has 2 fully saturated rings. The number of hydroxylamine groups is 4. The zero-order valence-electron chi connectivity index (χ0n) is 24.3. The molecule has 2 aliphatic heterocycles. The van der Waals surface area contributed by atoms with Gasteiger partial charge in [-0.1, -0.05) is 18.2 Å². The topological polar surface area (TPSA) is 109 Å². The number of nitrogens with zero attached hydrogens (tertiary/aromatic N) is 6. The molecule has 0 amide bonds. The molecule has 10 heteroatoms. The van der Waals surface area contributed by atoms with Crippen molar-refractivity contribution < 1.29 is 15.2 Å². The number of hydrogen-bond acceptors (Lipinski definition) is 8. The molecule has 0 atom stereocenters. The second-order valence-corrected chi connectivity index (χ2v) is 13.4. The van der Waals surface area contributed by atoms with E-state index < -0.39 is 22.2 Å². The molecule has 2 saturated heterocycles. The molecule has 208 valence electrons. The highest BCUT2D eigenvalue weighted by atomic mass is 16.5. The summed E-state index contributed by atoms with van der Waals surface area (Å²) in [7, 11) is 1.91. The lowest BCUT2D eigenvalue weighted by Crippen LogP contribution is -2.60. The van der Waals surface area contributed by atoms with Crippen LogP contribution in [0.15, 0.2) is 30.3 Å². The molecular weight excluding hydrogens is 482 g/mol. The predicted octanol–water partition coefficient (Wildman–Crippen LogP) is 5.16. The van der Waals surface area contributed by atoms with Crippen LogP contribution in [0.5, 0.6) is 6.01 Å². The van der Waals surface area contributed by atoms with Crippen molar-refractivity contribution in [3.8, 4) is 6.01 Å². The van der Waals surface area contributed by atoms with E-state index >= 15 is 0 Å². The Morgan fingerprint density at radius 1 is 0.789 bits per heavy atom. The summed E-state index contributed by atoms with van der Waals surface area (Å²) in [5.74, 6) is 0.853. The largest absolute Gasteiger partial charge is 0.460 e. The Morgan fingerprint density at radius 3 is 1.82 bits per heavy atom. The molecule has 0 bridgehead atoms. The lowest BCUT2D eigenvalue weighted by molar-refractivity contribution is -0.297. The van der Waals surface area contributed by atoms with Crippen LogP contribution in [0.25, 0.3) is 0 Å². The number of para-hydroxylation sites is 1. The lowest BCUT2D eigenvalue weighted by atomic mass is 9.79. The van der Waals surface area contributed by atoms with Gasteiger partial charge in [-0.3, -0.25) is 0 Å². The summed E-state index contributed by atoms with van der Waals surface area (Å²) >= 11 is 0. The first kappa shape index (κ1) is 28.5. The Labute approximate surface area is 227 Å². The summed E-state index contributed by atoms with van der Waals surface area (Å²) in [4.78, 5) is 16.0. The molecule has 4 rings (SSSR count). The van der Waals surface area contributed by atoms with E-state index in [0.717, 1.165) is 5.69 Å². The first-order chi connectivity index (χ1) is 17.5. The van der Waals surface area contributed by atoms with Crippen LogP contribution in [-0.4, -0.2) is 66.4 Å². The van der Waals surface area contributed by atoms with Gasteiger partial charge < -0.3 is 15.0 Å². The Bertz CT molecular complexity index is 1020. The van der Waals surface area contributed by atoms with Crippen LogP contribution >= 0.6 is 0 Å². The van der Waals surface area contributed by atoms with E-state index in [4.69, 9.17) is 9.72 Å². The maximum Gasteiger partial charge on any atom is 0.323 e. The van der Waals surface area contributed by atoms with Gasteiger partial charge in [0.2, 0.25) is 11.9 Å². The van der Waals surface area contributed by atoms with E-state index in [1.54, 1.807) is 0 Å². The van der Waals surface area contributed by atoms with Gasteiger partial charge in [-0.25, -0.2) is 0 Å². The standard InChI is InChI=1S/C28H43N7O3/c1-25(2)15-19(16-26(3,4)34(25)36)29-22-30-23(33(9)20-13-11-10-12-14-20)32-24(31-22)38-21-17-27(5,6)35(37)28(7,8)18-21/h10-14,19,21H,15-18H2,1-9H3,(H,29,30,31,32). The number of rotatable bonds is 6. The zero-order chi connectivity index (χ0) is 28.1. The summed E-state index contributed by atoms with van der Waals surface area (Å²) in [5.41, 5.74) is -1.28. The highest BCUT2D eigenvalue weighted by Gasteiger charge is 2.48. The minimum Gasteiger partial charge on any atom is -0.460 e. The second kappa shape index (κ2) is 9.89. The monoisotopic (exact) mass is 525 g/mol. The maximum atomic E-state index is 12.9. The average molecular weight is 526 g/mol. The fraction of sp³-hybridized carbons (Fsp3) is 0.679. The number of piperidine rings is 2. The van der Waals surface area contributed by atoms with Gasteiger partial charge in [0.15, 0.2) is 0 Å². The van der Waals surface area contributed by atoms with Gasteiger partial charge in [-0.2, -0.15) is 15.0 Å². The molecule has 2 radical (unpaired) electrons. The molecule has 10 nitrogen and oxygen atoms in total. The number of nitrogens with one attached hydrogen (secondary N) is 1. The SMILES string of the molecule is CN(c1ccccc1)c1nc(NC2CC(C)(C)N([O])C(C)(C)C2)nc(OC2CC(C)(C)N([O])C(C)(C)C2)n1. The third kappa shape index (κ3) is 5.88. The van der Waals surface area contributed by atoms with Crippen LogP contribution in [0.2, 0.25) is 0 Å². The van der Waals surface area contributed by atoms with Crippen LogP contribution in [0.1, 0.15) is 81.1 Å². The number of aromatic nitrogens is 3. The number of ether oxygens (including phenoxy) is 1. The minimum atomic E-state index is -0.576. The first-order valence-electron chi connectivity index (χ1n) is 13.4. The van der Waals surface area contributed by atoms with E-state index in [1.807, 2.05) is 97.7 Å². The molecule has 0 spiro atoms. The Kier molecular flexibility index (Phi) is 7.42.